The van der Waals surface area contributed by atoms with E-state index < -0.39 is 15.9 Å². The van der Waals surface area contributed by atoms with Crippen LogP contribution in [0.3, 0.4) is 0 Å². The minimum atomic E-state index is -3.79. The number of sulfonamides is 1. The second kappa shape index (κ2) is 9.79. The fourth-order valence-electron chi connectivity index (χ4n) is 2.53. The number of nitrogens with zero attached hydrogens (tertiary/aromatic N) is 3. The van der Waals surface area contributed by atoms with Gasteiger partial charge in [0.25, 0.3) is 0 Å². The molecule has 1 amide bonds. The van der Waals surface area contributed by atoms with Gasteiger partial charge >= 0.3 is 0 Å². The predicted octanol–water partition coefficient (Wildman–Crippen LogP) is 3.25. The summed E-state index contributed by atoms with van der Waals surface area (Å²) in [6, 6.07) is 10.5. The third-order valence-corrected chi connectivity index (χ3v) is 6.63. The molecule has 0 radical (unpaired) electrons. The number of amides is 1. The number of aromatic nitrogens is 2. The van der Waals surface area contributed by atoms with E-state index in [4.69, 9.17) is 4.74 Å². The molecule has 0 saturated carbocycles. The second-order valence-electron chi connectivity index (χ2n) is 6.41. The third kappa shape index (κ3) is 5.41. The SMILES string of the molecule is CCCOc1ccc(-c2csc(NC(=O)CN(C)S(=O)(=O)c3cccnc3)n2)cc1. The third-order valence-electron chi connectivity index (χ3n) is 4.08. The zero-order valence-corrected chi connectivity index (χ0v) is 18.2. The van der Waals surface area contributed by atoms with Gasteiger partial charge in [-0.2, -0.15) is 4.31 Å². The van der Waals surface area contributed by atoms with Crippen molar-refractivity contribution in [1.82, 2.24) is 14.3 Å². The van der Waals surface area contributed by atoms with E-state index in [-0.39, 0.29) is 11.4 Å². The Morgan fingerprint density at radius 2 is 2.00 bits per heavy atom. The van der Waals surface area contributed by atoms with Crippen LogP contribution in [0.15, 0.2) is 59.1 Å². The maximum atomic E-state index is 12.5. The second-order valence-corrected chi connectivity index (χ2v) is 9.31. The fourth-order valence-corrected chi connectivity index (χ4v) is 4.36. The Kier molecular flexibility index (Phi) is 7.14. The average molecular weight is 447 g/mol. The highest BCUT2D eigenvalue weighted by molar-refractivity contribution is 7.89. The van der Waals surface area contributed by atoms with Crippen molar-refractivity contribution >= 4 is 32.4 Å². The lowest BCUT2D eigenvalue weighted by Gasteiger charge is -2.16. The Labute approximate surface area is 179 Å². The number of thiazole rings is 1. The standard InChI is InChI=1S/C20H22N4O4S2/c1-3-11-28-16-8-6-15(7-9-16)18-14-29-20(22-18)23-19(25)13-24(2)30(26,27)17-5-4-10-21-12-17/h4-10,12,14H,3,11,13H2,1-2H3,(H,22,23,25). The molecule has 0 fully saturated rings. The van der Waals surface area contributed by atoms with Crippen molar-refractivity contribution in [3.05, 3.63) is 54.2 Å². The summed E-state index contributed by atoms with van der Waals surface area (Å²) < 4.78 is 31.5. The topological polar surface area (TPSA) is 101 Å². The van der Waals surface area contributed by atoms with Crippen LogP contribution < -0.4 is 10.1 Å². The first-order valence-electron chi connectivity index (χ1n) is 9.25. The average Bonchev–Trinajstić information content (AvgIpc) is 3.21. The number of anilines is 1. The molecule has 158 valence electrons. The Hall–Kier alpha value is -2.82. The molecule has 0 bridgehead atoms. The number of carbonyl (C=O) groups excluding carboxylic acids is 1. The number of nitrogens with one attached hydrogen (secondary N) is 1. The van der Waals surface area contributed by atoms with Crippen molar-refractivity contribution in [3.63, 3.8) is 0 Å². The zero-order valence-electron chi connectivity index (χ0n) is 16.6. The molecule has 0 unspecified atom stereocenters. The van der Waals surface area contributed by atoms with E-state index in [1.807, 2.05) is 36.6 Å². The number of carbonyl (C=O) groups is 1. The largest absolute Gasteiger partial charge is 0.494 e. The molecule has 2 aromatic heterocycles. The van der Waals surface area contributed by atoms with E-state index in [0.717, 1.165) is 22.0 Å². The normalized spacial score (nSPS) is 11.4. The van der Waals surface area contributed by atoms with Gasteiger partial charge in [0.05, 0.1) is 18.8 Å². The van der Waals surface area contributed by atoms with Crippen LogP contribution in [-0.4, -0.2) is 48.8 Å². The zero-order chi connectivity index (χ0) is 21.6. The van der Waals surface area contributed by atoms with E-state index in [9.17, 15) is 13.2 Å². The lowest BCUT2D eigenvalue weighted by Crippen LogP contribution is -2.35. The maximum Gasteiger partial charge on any atom is 0.244 e. The molecule has 8 nitrogen and oxygen atoms in total. The van der Waals surface area contributed by atoms with Gasteiger partial charge in [-0.05, 0) is 42.8 Å². The number of hydrogen-bond acceptors (Lipinski definition) is 7. The van der Waals surface area contributed by atoms with Crippen LogP contribution in [0, 0.1) is 0 Å². The number of rotatable bonds is 9. The lowest BCUT2D eigenvalue weighted by atomic mass is 10.2. The Bertz CT molecular complexity index is 1080. The van der Waals surface area contributed by atoms with Gasteiger partial charge in [-0.15, -0.1) is 11.3 Å². The molecule has 0 spiro atoms. The van der Waals surface area contributed by atoms with Crippen molar-refractivity contribution in [1.29, 1.82) is 0 Å². The molecular weight excluding hydrogens is 424 g/mol. The Morgan fingerprint density at radius 3 is 2.67 bits per heavy atom. The van der Waals surface area contributed by atoms with Crippen molar-refractivity contribution in [3.8, 4) is 17.0 Å². The Balaban J connectivity index is 1.61. The number of ether oxygens (including phenoxy) is 1. The smallest absolute Gasteiger partial charge is 0.244 e. The van der Waals surface area contributed by atoms with E-state index in [2.05, 4.69) is 15.3 Å². The van der Waals surface area contributed by atoms with Crippen molar-refractivity contribution in [2.45, 2.75) is 18.2 Å². The number of benzene rings is 1. The van der Waals surface area contributed by atoms with Crippen LogP contribution in [0.4, 0.5) is 5.13 Å². The highest BCUT2D eigenvalue weighted by Crippen LogP contribution is 2.26. The quantitative estimate of drug-likeness (QED) is 0.541. The number of pyridine rings is 1. The molecule has 1 aromatic carbocycles. The first kappa shape index (κ1) is 21.9. The van der Waals surface area contributed by atoms with Crippen LogP contribution in [-0.2, 0) is 14.8 Å². The van der Waals surface area contributed by atoms with Gasteiger partial charge in [0.1, 0.15) is 10.6 Å². The van der Waals surface area contributed by atoms with Gasteiger partial charge in [-0.25, -0.2) is 13.4 Å². The summed E-state index contributed by atoms with van der Waals surface area (Å²) in [6.07, 6.45) is 3.67. The first-order chi connectivity index (χ1) is 14.4. The molecule has 0 aliphatic heterocycles. The van der Waals surface area contributed by atoms with E-state index in [1.165, 1.54) is 42.9 Å². The molecule has 3 rings (SSSR count). The van der Waals surface area contributed by atoms with Crippen LogP contribution >= 0.6 is 11.3 Å². The molecule has 10 heteroatoms. The number of likely N-dealkylation sites (N-methyl/N-ethyl adjacent to an activating group) is 1. The summed E-state index contributed by atoms with van der Waals surface area (Å²) >= 11 is 1.27. The summed E-state index contributed by atoms with van der Waals surface area (Å²) in [7, 11) is -2.45. The van der Waals surface area contributed by atoms with E-state index in [1.54, 1.807) is 0 Å². The molecule has 2 heterocycles. The van der Waals surface area contributed by atoms with Gasteiger partial charge in [-0.3, -0.25) is 9.78 Å². The van der Waals surface area contributed by atoms with E-state index in [0.29, 0.717) is 17.4 Å². The van der Waals surface area contributed by atoms with Crippen LogP contribution in [0.2, 0.25) is 0 Å². The summed E-state index contributed by atoms with van der Waals surface area (Å²) in [5.74, 6) is 0.316. The lowest BCUT2D eigenvalue weighted by molar-refractivity contribution is -0.116. The van der Waals surface area contributed by atoms with Gasteiger partial charge in [0.2, 0.25) is 15.9 Å². The van der Waals surface area contributed by atoms with Crippen LogP contribution in [0.5, 0.6) is 5.75 Å². The molecule has 0 saturated heterocycles. The number of hydrogen-bond donors (Lipinski definition) is 1. The molecule has 0 aliphatic rings. The molecule has 1 N–H and O–H groups in total. The summed E-state index contributed by atoms with van der Waals surface area (Å²) in [4.78, 5) is 20.6. The Morgan fingerprint density at radius 1 is 1.23 bits per heavy atom. The molecule has 0 aliphatic carbocycles. The molecular formula is C20H22N4O4S2. The monoisotopic (exact) mass is 446 g/mol. The highest BCUT2D eigenvalue weighted by Gasteiger charge is 2.23. The van der Waals surface area contributed by atoms with Gasteiger partial charge < -0.3 is 10.1 Å². The fraction of sp³-hybridized carbons (Fsp3) is 0.250. The van der Waals surface area contributed by atoms with Crippen molar-refractivity contribution in [2.24, 2.45) is 0 Å². The molecule has 30 heavy (non-hydrogen) atoms. The van der Waals surface area contributed by atoms with Gasteiger partial charge in [0, 0.05) is 30.4 Å². The van der Waals surface area contributed by atoms with Crippen molar-refractivity contribution < 1.29 is 17.9 Å². The molecule has 0 atom stereocenters. The first-order valence-corrected chi connectivity index (χ1v) is 11.6. The van der Waals surface area contributed by atoms with Crippen LogP contribution in [0.1, 0.15) is 13.3 Å². The molecule has 3 aromatic rings. The minimum Gasteiger partial charge on any atom is -0.494 e. The predicted molar refractivity (Wildman–Crippen MR) is 116 cm³/mol. The maximum absolute atomic E-state index is 12.5. The van der Waals surface area contributed by atoms with Gasteiger partial charge in [-0.1, -0.05) is 6.92 Å². The summed E-state index contributed by atoms with van der Waals surface area (Å²) in [6.45, 7) is 2.37. The minimum absolute atomic E-state index is 0.0307. The van der Waals surface area contributed by atoms with E-state index >= 15 is 0 Å². The van der Waals surface area contributed by atoms with Gasteiger partial charge in [0.15, 0.2) is 5.13 Å². The van der Waals surface area contributed by atoms with Crippen LogP contribution in [0.25, 0.3) is 11.3 Å². The highest BCUT2D eigenvalue weighted by atomic mass is 32.2. The summed E-state index contributed by atoms with van der Waals surface area (Å²) in [5.41, 5.74) is 1.61. The summed E-state index contributed by atoms with van der Waals surface area (Å²) in [5, 5.41) is 4.87. The van der Waals surface area contributed by atoms with Crippen molar-refractivity contribution in [2.75, 3.05) is 25.5 Å².